The quantitative estimate of drug-likeness (QED) is 0.911. The van der Waals surface area contributed by atoms with Crippen LogP contribution in [0.3, 0.4) is 0 Å². The lowest BCUT2D eigenvalue weighted by Crippen LogP contribution is -2.20. The Labute approximate surface area is 101 Å². The molecule has 2 rings (SSSR count). The molecule has 0 unspecified atom stereocenters. The molecule has 2 aromatic rings. The Morgan fingerprint density at radius 2 is 2.11 bits per heavy atom. The molecule has 0 aromatic carbocycles. The standard InChI is InChI=1S/C10H10F3N5/c1-18(5-7-4-14-6-16-7)8-2-3-15-9(17-8)10(11,12)13/h2-4,6H,5H2,1H3,(H,14,16). The minimum Gasteiger partial charge on any atom is -0.354 e. The van der Waals surface area contributed by atoms with Crippen molar-refractivity contribution in [1.82, 2.24) is 19.9 Å². The molecule has 0 aliphatic rings. The normalized spacial score (nSPS) is 11.6. The third kappa shape index (κ3) is 2.76. The van der Waals surface area contributed by atoms with Crippen LogP contribution in [0.1, 0.15) is 11.5 Å². The van der Waals surface area contributed by atoms with E-state index >= 15 is 0 Å². The fourth-order valence-electron chi connectivity index (χ4n) is 1.40. The maximum Gasteiger partial charge on any atom is 0.451 e. The molecule has 1 N–H and O–H groups in total. The number of rotatable bonds is 3. The van der Waals surface area contributed by atoms with Crippen LogP contribution in [-0.4, -0.2) is 27.0 Å². The van der Waals surface area contributed by atoms with Gasteiger partial charge in [0.1, 0.15) is 5.82 Å². The van der Waals surface area contributed by atoms with Crippen molar-refractivity contribution in [3.63, 3.8) is 0 Å². The van der Waals surface area contributed by atoms with Gasteiger partial charge in [-0.05, 0) is 6.07 Å². The smallest absolute Gasteiger partial charge is 0.354 e. The summed E-state index contributed by atoms with van der Waals surface area (Å²) in [6.07, 6.45) is -0.276. The van der Waals surface area contributed by atoms with E-state index in [2.05, 4.69) is 19.9 Å². The van der Waals surface area contributed by atoms with Crippen LogP contribution >= 0.6 is 0 Å². The fraction of sp³-hybridized carbons (Fsp3) is 0.300. The minimum atomic E-state index is -4.54. The van der Waals surface area contributed by atoms with Crippen molar-refractivity contribution in [2.75, 3.05) is 11.9 Å². The van der Waals surface area contributed by atoms with Crippen molar-refractivity contribution in [2.45, 2.75) is 12.7 Å². The summed E-state index contributed by atoms with van der Waals surface area (Å²) in [5.74, 6) is -0.950. The molecule has 96 valence electrons. The van der Waals surface area contributed by atoms with Crippen LogP contribution in [0.2, 0.25) is 0 Å². The van der Waals surface area contributed by atoms with Gasteiger partial charge in [0.2, 0.25) is 5.82 Å². The molecular formula is C10H10F3N5. The zero-order valence-electron chi connectivity index (χ0n) is 9.44. The SMILES string of the molecule is CN(Cc1c[nH]cn1)c1ccnc(C(F)(F)F)n1. The van der Waals surface area contributed by atoms with E-state index in [4.69, 9.17) is 0 Å². The Morgan fingerprint density at radius 3 is 2.72 bits per heavy atom. The summed E-state index contributed by atoms with van der Waals surface area (Å²) < 4.78 is 37.3. The van der Waals surface area contributed by atoms with Gasteiger partial charge in [0.05, 0.1) is 18.6 Å². The molecule has 5 nitrogen and oxygen atoms in total. The van der Waals surface area contributed by atoms with E-state index in [0.29, 0.717) is 12.2 Å². The van der Waals surface area contributed by atoms with E-state index in [1.807, 2.05) is 0 Å². The van der Waals surface area contributed by atoms with Gasteiger partial charge in [0.15, 0.2) is 0 Å². The number of H-pyrrole nitrogens is 1. The van der Waals surface area contributed by atoms with E-state index in [9.17, 15) is 13.2 Å². The van der Waals surface area contributed by atoms with E-state index < -0.39 is 12.0 Å². The van der Waals surface area contributed by atoms with Gasteiger partial charge >= 0.3 is 6.18 Å². The van der Waals surface area contributed by atoms with Crippen molar-refractivity contribution in [3.8, 4) is 0 Å². The summed E-state index contributed by atoms with van der Waals surface area (Å²) in [6.45, 7) is 0.359. The summed E-state index contributed by atoms with van der Waals surface area (Å²) in [6, 6.07) is 1.42. The van der Waals surface area contributed by atoms with Crippen LogP contribution in [0.25, 0.3) is 0 Å². The van der Waals surface area contributed by atoms with Crippen molar-refractivity contribution in [1.29, 1.82) is 0 Å². The van der Waals surface area contributed by atoms with Gasteiger partial charge in [0.25, 0.3) is 0 Å². The molecular weight excluding hydrogens is 247 g/mol. The van der Waals surface area contributed by atoms with E-state index in [0.717, 1.165) is 6.20 Å². The van der Waals surface area contributed by atoms with Crippen molar-refractivity contribution in [2.24, 2.45) is 0 Å². The van der Waals surface area contributed by atoms with Gasteiger partial charge in [0, 0.05) is 19.4 Å². The first-order chi connectivity index (χ1) is 8.47. The van der Waals surface area contributed by atoms with Crippen LogP contribution in [-0.2, 0) is 12.7 Å². The van der Waals surface area contributed by atoms with Gasteiger partial charge in [-0.15, -0.1) is 0 Å². The number of halogens is 3. The number of aromatic nitrogens is 4. The second-order valence-corrected chi connectivity index (χ2v) is 3.65. The number of imidazole rings is 1. The highest BCUT2D eigenvalue weighted by Gasteiger charge is 2.34. The van der Waals surface area contributed by atoms with Crippen LogP contribution in [0, 0.1) is 0 Å². The highest BCUT2D eigenvalue weighted by molar-refractivity contribution is 5.36. The second-order valence-electron chi connectivity index (χ2n) is 3.65. The number of hydrogen-bond donors (Lipinski definition) is 1. The predicted octanol–water partition coefficient (Wildman–Crippen LogP) is 1.85. The van der Waals surface area contributed by atoms with Gasteiger partial charge in [-0.2, -0.15) is 13.2 Å². The van der Waals surface area contributed by atoms with Crippen molar-refractivity contribution < 1.29 is 13.2 Å². The number of aromatic amines is 1. The highest BCUT2D eigenvalue weighted by atomic mass is 19.4. The van der Waals surface area contributed by atoms with Crippen LogP contribution in [0.15, 0.2) is 24.8 Å². The van der Waals surface area contributed by atoms with Crippen LogP contribution in [0.4, 0.5) is 19.0 Å². The summed E-state index contributed by atoms with van der Waals surface area (Å²) >= 11 is 0. The highest BCUT2D eigenvalue weighted by Crippen LogP contribution is 2.27. The lowest BCUT2D eigenvalue weighted by molar-refractivity contribution is -0.144. The van der Waals surface area contributed by atoms with E-state index in [1.165, 1.54) is 12.4 Å². The molecule has 0 atom stereocenters. The van der Waals surface area contributed by atoms with Gasteiger partial charge in [-0.3, -0.25) is 0 Å². The number of nitrogens with zero attached hydrogens (tertiary/aromatic N) is 4. The summed E-state index contributed by atoms with van der Waals surface area (Å²) in [5, 5.41) is 0. The Hall–Kier alpha value is -2.12. The molecule has 0 aliphatic heterocycles. The molecule has 2 aromatic heterocycles. The topological polar surface area (TPSA) is 57.7 Å². The molecule has 0 bridgehead atoms. The maximum absolute atomic E-state index is 12.4. The Bertz CT molecular complexity index is 508. The number of hydrogen-bond acceptors (Lipinski definition) is 4. The predicted molar refractivity (Wildman–Crippen MR) is 57.7 cm³/mol. The monoisotopic (exact) mass is 257 g/mol. The molecule has 0 radical (unpaired) electrons. The number of alkyl halides is 3. The second kappa shape index (κ2) is 4.63. The van der Waals surface area contributed by atoms with Gasteiger partial charge in [-0.1, -0.05) is 0 Å². The maximum atomic E-state index is 12.4. The molecule has 0 saturated heterocycles. The lowest BCUT2D eigenvalue weighted by Gasteiger charge is -2.17. The molecule has 8 heteroatoms. The first-order valence-corrected chi connectivity index (χ1v) is 5.06. The zero-order valence-corrected chi connectivity index (χ0v) is 9.44. The fourth-order valence-corrected chi connectivity index (χ4v) is 1.40. The van der Waals surface area contributed by atoms with Gasteiger partial charge in [-0.25, -0.2) is 15.0 Å². The van der Waals surface area contributed by atoms with Crippen molar-refractivity contribution >= 4 is 5.82 Å². The van der Waals surface area contributed by atoms with Crippen LogP contribution < -0.4 is 4.90 Å². The van der Waals surface area contributed by atoms with E-state index in [-0.39, 0.29) is 5.82 Å². The Balaban J connectivity index is 2.18. The molecule has 0 fully saturated rings. The van der Waals surface area contributed by atoms with Crippen molar-refractivity contribution in [3.05, 3.63) is 36.3 Å². The Morgan fingerprint density at radius 1 is 1.33 bits per heavy atom. The number of nitrogens with one attached hydrogen (secondary N) is 1. The third-order valence-corrected chi connectivity index (χ3v) is 2.24. The summed E-state index contributed by atoms with van der Waals surface area (Å²) in [5.41, 5.74) is 0.713. The Kier molecular flexibility index (Phi) is 3.17. The molecule has 0 aliphatic carbocycles. The van der Waals surface area contributed by atoms with Crippen LogP contribution in [0.5, 0.6) is 0 Å². The minimum absolute atomic E-state index is 0.195. The van der Waals surface area contributed by atoms with E-state index in [1.54, 1.807) is 18.1 Å². The summed E-state index contributed by atoms with van der Waals surface area (Å²) in [7, 11) is 1.64. The molecule has 0 spiro atoms. The zero-order chi connectivity index (χ0) is 13.2. The first-order valence-electron chi connectivity index (χ1n) is 5.06. The molecule has 18 heavy (non-hydrogen) atoms. The first kappa shape index (κ1) is 12.3. The average molecular weight is 257 g/mol. The largest absolute Gasteiger partial charge is 0.451 e. The van der Waals surface area contributed by atoms with Gasteiger partial charge < -0.3 is 9.88 Å². The molecule has 0 amide bonds. The third-order valence-electron chi connectivity index (χ3n) is 2.24. The number of anilines is 1. The summed E-state index contributed by atoms with van der Waals surface area (Å²) in [4.78, 5) is 15.0. The molecule has 2 heterocycles. The average Bonchev–Trinajstić information content (AvgIpc) is 2.81. The molecule has 0 saturated carbocycles. The lowest BCUT2D eigenvalue weighted by atomic mass is 10.4.